The van der Waals surface area contributed by atoms with Crippen LogP contribution in [-0.2, 0) is 20.9 Å². The average molecular weight is 429 g/mol. The minimum absolute atomic E-state index is 0.216. The summed E-state index contributed by atoms with van der Waals surface area (Å²) in [6, 6.07) is 0. The summed E-state index contributed by atoms with van der Waals surface area (Å²) in [6.45, 7) is 15.7. The van der Waals surface area contributed by atoms with Crippen LogP contribution in [0.15, 0.2) is 3.34 Å². The largest absolute Gasteiger partial charge is 0.320 e. The van der Waals surface area contributed by atoms with E-state index in [1.165, 1.54) is 0 Å². The molecule has 0 bridgehead atoms. The maximum atomic E-state index is 4.13. The van der Waals surface area contributed by atoms with Gasteiger partial charge in [-0.05, 0) is 40.8 Å². The summed E-state index contributed by atoms with van der Waals surface area (Å²) in [6.07, 6.45) is 0. The van der Waals surface area contributed by atoms with Gasteiger partial charge >= 0.3 is 50.5 Å². The zero-order valence-corrected chi connectivity index (χ0v) is 17.2. The molecule has 0 unspecified atom stereocenters. The van der Waals surface area contributed by atoms with E-state index in [4.69, 9.17) is 0 Å². The molecular weight excluding hydrogens is 393 g/mol. The van der Waals surface area contributed by atoms with Crippen molar-refractivity contribution in [1.82, 2.24) is 16.0 Å². The van der Waals surface area contributed by atoms with E-state index < -0.39 is 0 Å². The molecule has 3 N–H and O–H groups in total. The van der Waals surface area contributed by atoms with Crippen molar-refractivity contribution >= 4 is 0 Å². The van der Waals surface area contributed by atoms with E-state index in [1.807, 2.05) is 21.1 Å². The zero-order valence-electron chi connectivity index (χ0n) is 14.0. The van der Waals surface area contributed by atoms with Gasteiger partial charge in [-0.2, -0.15) is 0 Å². The summed E-state index contributed by atoms with van der Waals surface area (Å²) < 4.78 is 4.13. The Labute approximate surface area is 128 Å². The van der Waals surface area contributed by atoms with E-state index in [0.717, 1.165) is 40.5 Å². The topological polar surface area (TPSA) is 48.5 Å². The Kier molecular flexibility index (Phi) is 38.9. The molecule has 0 aromatic heterocycles. The van der Waals surface area contributed by atoms with Crippen LogP contribution in [0.4, 0.5) is 0 Å². The van der Waals surface area contributed by atoms with Crippen molar-refractivity contribution in [3.05, 3.63) is 0 Å². The third-order valence-electron chi connectivity index (χ3n) is 1.36. The maximum absolute atomic E-state index is 4.13. The number of hydrogen-bond donors (Lipinski definition) is 3. The molecule has 0 aliphatic carbocycles. The van der Waals surface area contributed by atoms with Gasteiger partial charge in [0.25, 0.3) is 0 Å². The van der Waals surface area contributed by atoms with E-state index in [2.05, 4.69) is 60.8 Å². The summed E-state index contributed by atoms with van der Waals surface area (Å²) in [5.74, 6) is 0. The molecule has 18 heavy (non-hydrogen) atoms. The number of nitrogens with zero attached hydrogens (tertiary/aromatic N) is 1. The zero-order chi connectivity index (χ0) is 15.4. The SMILES string of the molecule is CC(C)(C)[N]=[Ta].CCNC.CCNC.CCNC. The van der Waals surface area contributed by atoms with E-state index >= 15 is 0 Å². The molecule has 0 heterocycles. The van der Waals surface area contributed by atoms with Crippen molar-refractivity contribution in [3.63, 3.8) is 0 Å². The smallest absolute Gasteiger partial charge is 0.00804 e. The van der Waals surface area contributed by atoms with Crippen LogP contribution in [-0.4, -0.2) is 46.3 Å². The van der Waals surface area contributed by atoms with Gasteiger partial charge in [-0.3, -0.25) is 0 Å². The molecule has 0 saturated carbocycles. The molecule has 113 valence electrons. The first-order valence-corrected chi connectivity index (χ1v) is 8.04. The van der Waals surface area contributed by atoms with E-state index in [-0.39, 0.29) is 5.54 Å². The fraction of sp³-hybridized carbons (Fsp3) is 1.00. The predicted octanol–water partition coefficient (Wildman–Crippen LogP) is 2.19. The Bertz CT molecular complexity index is 109. The van der Waals surface area contributed by atoms with Crippen molar-refractivity contribution in [2.24, 2.45) is 3.34 Å². The van der Waals surface area contributed by atoms with Crippen LogP contribution < -0.4 is 16.0 Å². The molecule has 0 aliphatic rings. The molecule has 0 saturated heterocycles. The Morgan fingerprint density at radius 2 is 0.889 bits per heavy atom. The van der Waals surface area contributed by atoms with Gasteiger partial charge in [0.1, 0.15) is 0 Å². The van der Waals surface area contributed by atoms with Gasteiger partial charge in [-0.25, -0.2) is 0 Å². The van der Waals surface area contributed by atoms with Gasteiger partial charge in [-0.15, -0.1) is 0 Å². The van der Waals surface area contributed by atoms with Crippen LogP contribution in [0.25, 0.3) is 0 Å². The molecule has 0 aromatic carbocycles. The standard InChI is InChI=1S/C4H9N.3C3H9N.Ta/c1-4(2,3)5;3*1-3-4-2;/h1-3H3;3*4H,3H2,1-2H3;. The van der Waals surface area contributed by atoms with Crippen LogP contribution in [0.3, 0.4) is 0 Å². The first-order valence-electron chi connectivity index (χ1n) is 6.61. The molecule has 0 aromatic rings. The maximum Gasteiger partial charge on any atom is -0.00804 e. The van der Waals surface area contributed by atoms with Gasteiger partial charge in [-0.1, -0.05) is 20.8 Å². The molecule has 0 aliphatic heterocycles. The molecule has 0 fully saturated rings. The molecule has 4 nitrogen and oxygen atoms in total. The normalized spacial score (nSPS) is 8.67. The first kappa shape index (κ1) is 26.9. The second kappa shape index (κ2) is 26.1. The third kappa shape index (κ3) is 94.7. The van der Waals surface area contributed by atoms with Crippen molar-refractivity contribution in [1.29, 1.82) is 0 Å². The van der Waals surface area contributed by atoms with Crippen LogP contribution in [0, 0.1) is 0 Å². The first-order chi connectivity index (χ1) is 8.30. The molecule has 0 rings (SSSR count). The molecule has 5 heteroatoms. The Morgan fingerprint density at radius 3 is 0.889 bits per heavy atom. The van der Waals surface area contributed by atoms with Crippen molar-refractivity contribution in [3.8, 4) is 0 Å². The minimum Gasteiger partial charge on any atom is -0.320 e. The van der Waals surface area contributed by atoms with Crippen molar-refractivity contribution in [2.75, 3.05) is 40.8 Å². The van der Waals surface area contributed by atoms with Crippen LogP contribution in [0.1, 0.15) is 41.5 Å². The predicted molar refractivity (Wildman–Crippen MR) is 81.0 cm³/mol. The fourth-order valence-electron chi connectivity index (χ4n) is 0. The second-order valence-corrected chi connectivity index (χ2v) is 5.11. The quantitative estimate of drug-likeness (QED) is 0.645. The van der Waals surface area contributed by atoms with Crippen LogP contribution >= 0.6 is 0 Å². The van der Waals surface area contributed by atoms with Gasteiger partial charge in [0.15, 0.2) is 0 Å². The molecule has 0 radical (unpaired) electrons. The number of rotatable bonds is 3. The fourth-order valence-corrected chi connectivity index (χ4v) is 0. The molecule has 0 atom stereocenters. The summed E-state index contributed by atoms with van der Waals surface area (Å²) in [5.41, 5.74) is 0.216. The Balaban J connectivity index is -0.0000000742. The monoisotopic (exact) mass is 429 g/mol. The third-order valence-corrected chi connectivity index (χ3v) is 3.52. The van der Waals surface area contributed by atoms with Crippen molar-refractivity contribution in [2.45, 2.75) is 47.1 Å². The van der Waals surface area contributed by atoms with Crippen molar-refractivity contribution < 1.29 is 20.9 Å². The summed E-state index contributed by atoms with van der Waals surface area (Å²) in [7, 11) is 5.79. The van der Waals surface area contributed by atoms with Gasteiger partial charge in [0, 0.05) is 0 Å². The van der Waals surface area contributed by atoms with Gasteiger partial charge < -0.3 is 16.0 Å². The second-order valence-electron chi connectivity index (χ2n) is 4.39. The van der Waals surface area contributed by atoms with E-state index in [9.17, 15) is 0 Å². The van der Waals surface area contributed by atoms with E-state index in [0.29, 0.717) is 0 Å². The average Bonchev–Trinajstić information content (AvgIpc) is 2.38. The van der Waals surface area contributed by atoms with Crippen LogP contribution in [0.2, 0.25) is 0 Å². The molecule has 0 amide bonds. The molecular formula is C13H36N4Ta. The number of hydrogen-bond acceptors (Lipinski definition) is 4. The van der Waals surface area contributed by atoms with Crippen LogP contribution in [0.5, 0.6) is 0 Å². The Morgan fingerprint density at radius 1 is 0.778 bits per heavy atom. The number of nitrogens with one attached hydrogen (secondary N) is 3. The van der Waals surface area contributed by atoms with Gasteiger partial charge in [0.05, 0.1) is 0 Å². The minimum atomic E-state index is 0.216. The summed E-state index contributed by atoms with van der Waals surface area (Å²) in [5, 5.41) is 8.79. The van der Waals surface area contributed by atoms with Gasteiger partial charge in [0.2, 0.25) is 0 Å². The Hall–Kier alpha value is 0.420. The summed E-state index contributed by atoms with van der Waals surface area (Å²) >= 11 is 1.15. The molecule has 0 spiro atoms. The summed E-state index contributed by atoms with van der Waals surface area (Å²) in [4.78, 5) is 0. The van der Waals surface area contributed by atoms with E-state index in [1.54, 1.807) is 0 Å².